The van der Waals surface area contributed by atoms with Gasteiger partial charge >= 0.3 is 0 Å². The van der Waals surface area contributed by atoms with E-state index in [0.717, 1.165) is 18.4 Å². The van der Waals surface area contributed by atoms with Crippen LogP contribution in [0.2, 0.25) is 0 Å². The number of rotatable bonds is 4. The summed E-state index contributed by atoms with van der Waals surface area (Å²) in [5.41, 5.74) is 7.18. The summed E-state index contributed by atoms with van der Waals surface area (Å²) >= 11 is 0. The SMILES string of the molecule is CCC(CC)C(N)c1ccnnc1. The van der Waals surface area contributed by atoms with Crippen molar-refractivity contribution in [3.63, 3.8) is 0 Å². The van der Waals surface area contributed by atoms with Crippen LogP contribution in [0.3, 0.4) is 0 Å². The van der Waals surface area contributed by atoms with Crippen LogP contribution in [0, 0.1) is 5.92 Å². The molecule has 13 heavy (non-hydrogen) atoms. The number of nitrogens with two attached hydrogens (primary N) is 1. The molecule has 0 aliphatic carbocycles. The molecule has 1 aromatic heterocycles. The number of hydrogen-bond acceptors (Lipinski definition) is 3. The molecule has 3 nitrogen and oxygen atoms in total. The summed E-state index contributed by atoms with van der Waals surface area (Å²) in [6.45, 7) is 4.34. The van der Waals surface area contributed by atoms with Crippen LogP contribution in [0.4, 0.5) is 0 Å². The highest BCUT2D eigenvalue weighted by Gasteiger charge is 2.15. The van der Waals surface area contributed by atoms with Crippen LogP contribution >= 0.6 is 0 Å². The van der Waals surface area contributed by atoms with E-state index < -0.39 is 0 Å². The van der Waals surface area contributed by atoms with E-state index in [1.807, 2.05) is 6.07 Å². The van der Waals surface area contributed by atoms with E-state index in [1.54, 1.807) is 12.4 Å². The highest BCUT2D eigenvalue weighted by atomic mass is 15.1. The Morgan fingerprint density at radius 3 is 2.46 bits per heavy atom. The van der Waals surface area contributed by atoms with Crippen molar-refractivity contribution in [1.29, 1.82) is 0 Å². The quantitative estimate of drug-likeness (QED) is 0.768. The van der Waals surface area contributed by atoms with Gasteiger partial charge in [0.05, 0.1) is 6.20 Å². The molecule has 0 amide bonds. The molecule has 0 saturated carbocycles. The molecule has 0 bridgehead atoms. The lowest BCUT2D eigenvalue weighted by Crippen LogP contribution is -2.20. The van der Waals surface area contributed by atoms with Crippen molar-refractivity contribution in [3.05, 3.63) is 24.0 Å². The fourth-order valence-corrected chi connectivity index (χ4v) is 1.57. The summed E-state index contributed by atoms with van der Waals surface area (Å²) < 4.78 is 0. The summed E-state index contributed by atoms with van der Waals surface area (Å²) in [5.74, 6) is 0.546. The summed E-state index contributed by atoms with van der Waals surface area (Å²) in [5, 5.41) is 7.56. The molecule has 1 atom stereocenters. The fourth-order valence-electron chi connectivity index (χ4n) is 1.57. The van der Waals surface area contributed by atoms with Gasteiger partial charge < -0.3 is 5.73 Å². The minimum Gasteiger partial charge on any atom is -0.324 e. The van der Waals surface area contributed by atoms with Gasteiger partial charge in [-0.2, -0.15) is 10.2 Å². The maximum atomic E-state index is 6.09. The van der Waals surface area contributed by atoms with Gasteiger partial charge in [0.1, 0.15) is 0 Å². The molecule has 0 fully saturated rings. The molecule has 1 rings (SSSR count). The number of nitrogens with zero attached hydrogens (tertiary/aromatic N) is 2. The molecule has 1 unspecified atom stereocenters. The zero-order valence-corrected chi connectivity index (χ0v) is 8.27. The second kappa shape index (κ2) is 4.92. The van der Waals surface area contributed by atoms with Gasteiger partial charge in [0.15, 0.2) is 0 Å². The number of hydrogen-bond donors (Lipinski definition) is 1. The van der Waals surface area contributed by atoms with Gasteiger partial charge in [-0.3, -0.25) is 0 Å². The molecule has 0 aliphatic heterocycles. The highest BCUT2D eigenvalue weighted by Crippen LogP contribution is 2.23. The Bertz CT molecular complexity index is 231. The largest absolute Gasteiger partial charge is 0.324 e. The van der Waals surface area contributed by atoms with E-state index in [-0.39, 0.29) is 6.04 Å². The Labute approximate surface area is 79.4 Å². The molecule has 3 heteroatoms. The first-order chi connectivity index (χ1) is 6.29. The Balaban J connectivity index is 2.72. The van der Waals surface area contributed by atoms with Crippen molar-refractivity contribution in [2.75, 3.05) is 0 Å². The normalized spacial score (nSPS) is 13.2. The molecule has 0 spiro atoms. The summed E-state index contributed by atoms with van der Waals surface area (Å²) in [6, 6.07) is 2.04. The topological polar surface area (TPSA) is 51.8 Å². The van der Waals surface area contributed by atoms with Crippen molar-refractivity contribution < 1.29 is 0 Å². The first-order valence-corrected chi connectivity index (χ1v) is 4.81. The molecule has 2 N–H and O–H groups in total. The summed E-state index contributed by atoms with van der Waals surface area (Å²) in [7, 11) is 0. The van der Waals surface area contributed by atoms with Gasteiger partial charge in [-0.25, -0.2) is 0 Å². The maximum Gasteiger partial charge on any atom is 0.0544 e. The van der Waals surface area contributed by atoms with Crippen molar-refractivity contribution in [1.82, 2.24) is 10.2 Å². The van der Waals surface area contributed by atoms with Gasteiger partial charge in [-0.15, -0.1) is 0 Å². The Kier molecular flexibility index (Phi) is 3.83. The van der Waals surface area contributed by atoms with Crippen LogP contribution < -0.4 is 5.73 Å². The van der Waals surface area contributed by atoms with Crippen molar-refractivity contribution in [2.24, 2.45) is 11.7 Å². The Morgan fingerprint density at radius 2 is 2.00 bits per heavy atom. The first-order valence-electron chi connectivity index (χ1n) is 4.81. The van der Waals surface area contributed by atoms with E-state index in [9.17, 15) is 0 Å². The summed E-state index contributed by atoms with van der Waals surface area (Å²) in [4.78, 5) is 0. The molecular formula is C10H17N3. The van der Waals surface area contributed by atoms with Crippen LogP contribution in [0.5, 0.6) is 0 Å². The number of aromatic nitrogens is 2. The smallest absolute Gasteiger partial charge is 0.0544 e. The Morgan fingerprint density at radius 1 is 1.31 bits per heavy atom. The van der Waals surface area contributed by atoms with Crippen LogP contribution in [0.15, 0.2) is 18.5 Å². The third-order valence-corrected chi connectivity index (χ3v) is 2.55. The van der Waals surface area contributed by atoms with Crippen molar-refractivity contribution in [2.45, 2.75) is 32.7 Å². The van der Waals surface area contributed by atoms with E-state index in [2.05, 4.69) is 24.0 Å². The molecule has 0 aromatic carbocycles. The maximum absolute atomic E-state index is 6.09. The second-order valence-electron chi connectivity index (χ2n) is 3.28. The van der Waals surface area contributed by atoms with Gasteiger partial charge in [-0.1, -0.05) is 26.7 Å². The summed E-state index contributed by atoms with van der Waals surface area (Å²) in [6.07, 6.45) is 5.67. The van der Waals surface area contributed by atoms with E-state index >= 15 is 0 Å². The molecular weight excluding hydrogens is 162 g/mol. The van der Waals surface area contributed by atoms with Crippen LogP contribution in [0.1, 0.15) is 38.3 Å². The van der Waals surface area contributed by atoms with Crippen molar-refractivity contribution in [3.8, 4) is 0 Å². The van der Waals surface area contributed by atoms with Gasteiger partial charge in [0.2, 0.25) is 0 Å². The third kappa shape index (κ3) is 2.49. The zero-order chi connectivity index (χ0) is 9.68. The average molecular weight is 179 g/mol. The zero-order valence-electron chi connectivity index (χ0n) is 8.27. The van der Waals surface area contributed by atoms with Gasteiger partial charge in [0.25, 0.3) is 0 Å². The van der Waals surface area contributed by atoms with E-state index in [1.165, 1.54) is 0 Å². The van der Waals surface area contributed by atoms with Crippen LogP contribution in [-0.2, 0) is 0 Å². The Hall–Kier alpha value is -0.960. The van der Waals surface area contributed by atoms with E-state index in [0.29, 0.717) is 5.92 Å². The minimum absolute atomic E-state index is 0.102. The lowest BCUT2D eigenvalue weighted by molar-refractivity contribution is 0.404. The molecule has 72 valence electrons. The first kappa shape index (κ1) is 10.1. The fraction of sp³-hybridized carbons (Fsp3) is 0.600. The van der Waals surface area contributed by atoms with Crippen molar-refractivity contribution >= 4 is 0 Å². The molecule has 1 aromatic rings. The highest BCUT2D eigenvalue weighted by molar-refractivity contribution is 5.11. The molecule has 0 saturated heterocycles. The predicted molar refractivity (Wildman–Crippen MR) is 53.0 cm³/mol. The monoisotopic (exact) mass is 179 g/mol. The predicted octanol–water partition coefficient (Wildman–Crippen LogP) is 1.91. The minimum atomic E-state index is 0.102. The molecule has 1 heterocycles. The standard InChI is InChI=1S/C10H17N3/c1-3-8(4-2)10(11)9-5-6-12-13-7-9/h5-8,10H,3-4,11H2,1-2H3. The molecule has 0 radical (unpaired) electrons. The lowest BCUT2D eigenvalue weighted by Gasteiger charge is -2.20. The lowest BCUT2D eigenvalue weighted by atomic mass is 9.91. The van der Waals surface area contributed by atoms with Gasteiger partial charge in [-0.05, 0) is 17.5 Å². The van der Waals surface area contributed by atoms with Crippen LogP contribution in [-0.4, -0.2) is 10.2 Å². The van der Waals surface area contributed by atoms with Gasteiger partial charge in [0, 0.05) is 12.2 Å². The van der Waals surface area contributed by atoms with E-state index in [4.69, 9.17) is 5.73 Å². The average Bonchev–Trinajstić information content (AvgIpc) is 2.21. The second-order valence-corrected chi connectivity index (χ2v) is 3.28. The molecule has 0 aliphatic rings. The van der Waals surface area contributed by atoms with Crippen LogP contribution in [0.25, 0.3) is 0 Å². The third-order valence-electron chi connectivity index (χ3n) is 2.55.